The molecule has 3 aliphatic carbocycles. The van der Waals surface area contributed by atoms with E-state index in [4.69, 9.17) is 13.1 Å². The topological polar surface area (TPSA) is 82.1 Å². The maximum absolute atomic E-state index is 13.3. The Bertz CT molecular complexity index is 1490. The minimum absolute atomic E-state index is 0.0141. The number of ether oxygens (including phenoxy) is 1. The average Bonchev–Trinajstić information content (AvgIpc) is 3.39. The molecule has 1 N–H and O–H groups in total. The lowest BCUT2D eigenvalue weighted by atomic mass is 9.49. The van der Waals surface area contributed by atoms with Gasteiger partial charge in [0.25, 0.3) is 0 Å². The molecule has 5 unspecified atom stereocenters. The zero-order valence-electron chi connectivity index (χ0n) is 24.9. The maximum atomic E-state index is 13.3. The summed E-state index contributed by atoms with van der Waals surface area (Å²) >= 11 is -2.06. The number of hydrogen-bond donors (Lipinski definition) is 1. The number of carbonyl (C=O) groups excluding carboxylic acids is 1. The number of aliphatic hydroxyl groups is 1. The van der Waals surface area contributed by atoms with Crippen molar-refractivity contribution in [3.63, 3.8) is 0 Å². The first kappa shape index (κ1) is 28.8. The van der Waals surface area contributed by atoms with Gasteiger partial charge in [-0.15, -0.1) is 0 Å². The predicted molar refractivity (Wildman–Crippen MR) is 165 cm³/mol. The number of fused-ring (bicyclic) bond motifs is 1. The van der Waals surface area contributed by atoms with Crippen molar-refractivity contribution in [1.29, 1.82) is 0 Å². The van der Waals surface area contributed by atoms with Gasteiger partial charge in [0.2, 0.25) is 0 Å². The minimum atomic E-state index is -2.06. The normalized spacial score (nSPS) is 30.4. The number of hydrogen-bond acceptors (Lipinski definition) is 6. The lowest BCUT2D eigenvalue weighted by molar-refractivity contribution is -0.171. The summed E-state index contributed by atoms with van der Waals surface area (Å²) in [5, 5.41) is 12.1. The second-order valence-corrected chi connectivity index (χ2v) is 13.9. The standard InChI is InChI=1S/C36H40O6S/c1-24-15-16-30(32-31(24)35-20-9-10-25(2)36(35,38)23-19-29(37)33(35)40-32)42-43(39)41-28-17-21-34(22-18-28,26-11-5-3-6-12-26)27-13-7-4-8-14-27/h3-8,11-16,25,28,33,38H,9-10,17-23H2,1-2H3. The Morgan fingerprint density at radius 3 is 2.19 bits per heavy atom. The molecule has 3 saturated carbocycles. The summed E-state index contributed by atoms with van der Waals surface area (Å²) in [6.07, 6.45) is 5.47. The van der Waals surface area contributed by atoms with Gasteiger partial charge in [-0.1, -0.05) is 80.1 Å². The fourth-order valence-electron chi connectivity index (χ4n) is 8.93. The summed E-state index contributed by atoms with van der Waals surface area (Å²) in [7, 11) is 0. The van der Waals surface area contributed by atoms with Gasteiger partial charge in [-0.05, 0) is 80.5 Å². The van der Waals surface area contributed by atoms with Crippen LogP contribution in [0.15, 0.2) is 72.8 Å². The number of rotatable bonds is 6. The highest BCUT2D eigenvalue weighted by molar-refractivity contribution is 7.75. The molecule has 0 bridgehead atoms. The van der Waals surface area contributed by atoms with Crippen molar-refractivity contribution in [2.24, 2.45) is 5.92 Å². The van der Waals surface area contributed by atoms with Crippen LogP contribution in [0, 0.1) is 12.8 Å². The van der Waals surface area contributed by atoms with Crippen LogP contribution >= 0.6 is 0 Å². The molecular formula is C36H40O6S. The van der Waals surface area contributed by atoms with Gasteiger partial charge < -0.3 is 14.0 Å². The summed E-state index contributed by atoms with van der Waals surface area (Å²) in [6, 6.07) is 24.9. The fraction of sp³-hybridized carbons (Fsp3) is 0.472. The highest BCUT2D eigenvalue weighted by Crippen LogP contribution is 2.63. The van der Waals surface area contributed by atoms with Gasteiger partial charge in [0.1, 0.15) is 0 Å². The van der Waals surface area contributed by atoms with Crippen molar-refractivity contribution in [1.82, 2.24) is 0 Å². The molecule has 226 valence electrons. The van der Waals surface area contributed by atoms with Crippen molar-refractivity contribution < 1.29 is 27.2 Å². The highest BCUT2D eigenvalue weighted by atomic mass is 32.2. The zero-order valence-corrected chi connectivity index (χ0v) is 25.7. The fourth-order valence-corrected chi connectivity index (χ4v) is 9.66. The first-order valence-electron chi connectivity index (χ1n) is 15.7. The largest absolute Gasteiger partial charge is 0.477 e. The molecule has 1 spiro atoms. The molecular weight excluding hydrogens is 560 g/mol. The molecule has 5 atom stereocenters. The van der Waals surface area contributed by atoms with Crippen molar-refractivity contribution >= 4 is 17.1 Å². The molecule has 1 heterocycles. The summed E-state index contributed by atoms with van der Waals surface area (Å²) < 4.78 is 31.7. The Hall–Kier alpha value is -3.00. The van der Waals surface area contributed by atoms with Crippen LogP contribution in [0.1, 0.15) is 87.0 Å². The summed E-state index contributed by atoms with van der Waals surface area (Å²) in [5.41, 5.74) is 2.38. The van der Waals surface area contributed by atoms with E-state index >= 15 is 0 Å². The molecule has 6 nitrogen and oxygen atoms in total. The molecule has 0 saturated heterocycles. The molecule has 0 aromatic heterocycles. The van der Waals surface area contributed by atoms with Crippen LogP contribution in [0.4, 0.5) is 0 Å². The van der Waals surface area contributed by atoms with Crippen molar-refractivity contribution in [2.45, 2.75) is 100 Å². The van der Waals surface area contributed by atoms with Gasteiger partial charge in [0.05, 0.1) is 17.1 Å². The van der Waals surface area contributed by atoms with Crippen molar-refractivity contribution in [3.8, 4) is 11.5 Å². The molecule has 43 heavy (non-hydrogen) atoms. The van der Waals surface area contributed by atoms with E-state index in [0.29, 0.717) is 30.8 Å². The predicted octanol–water partition coefficient (Wildman–Crippen LogP) is 6.81. The van der Waals surface area contributed by atoms with E-state index in [-0.39, 0.29) is 23.2 Å². The van der Waals surface area contributed by atoms with E-state index in [1.807, 2.05) is 25.1 Å². The number of carbonyl (C=O) groups is 1. The van der Waals surface area contributed by atoms with Gasteiger partial charge in [-0.25, -0.2) is 0 Å². The highest BCUT2D eigenvalue weighted by Gasteiger charge is 2.69. The Kier molecular flexibility index (Phi) is 7.26. The number of aryl methyl sites for hydroxylation is 1. The van der Waals surface area contributed by atoms with Gasteiger partial charge in [-0.2, -0.15) is 4.21 Å². The zero-order chi connectivity index (χ0) is 29.8. The maximum Gasteiger partial charge on any atom is 0.360 e. The van der Waals surface area contributed by atoms with Crippen LogP contribution in [0.2, 0.25) is 0 Å². The van der Waals surface area contributed by atoms with E-state index < -0.39 is 28.5 Å². The van der Waals surface area contributed by atoms with Crippen molar-refractivity contribution in [2.75, 3.05) is 0 Å². The van der Waals surface area contributed by atoms with Crippen LogP contribution in [0.25, 0.3) is 0 Å². The smallest absolute Gasteiger partial charge is 0.360 e. The van der Waals surface area contributed by atoms with E-state index in [1.165, 1.54) is 11.1 Å². The molecule has 4 aliphatic rings. The molecule has 3 aromatic rings. The third-order valence-corrected chi connectivity index (χ3v) is 11.9. The SMILES string of the molecule is Cc1ccc(OS(=O)OC2CCC(c3ccccc3)(c3ccccc3)CC2)c2c1C13CCCC(C)C1(O)CCC(=O)C3O2. The second-order valence-electron chi connectivity index (χ2n) is 13.1. The van der Waals surface area contributed by atoms with Crippen LogP contribution in [-0.4, -0.2) is 32.9 Å². The lowest BCUT2D eigenvalue weighted by Crippen LogP contribution is -2.67. The summed E-state index contributed by atoms with van der Waals surface area (Å²) in [4.78, 5) is 13.2. The van der Waals surface area contributed by atoms with E-state index in [0.717, 1.165) is 49.7 Å². The van der Waals surface area contributed by atoms with Crippen LogP contribution in [0.5, 0.6) is 11.5 Å². The molecule has 0 amide bonds. The molecule has 3 fully saturated rings. The van der Waals surface area contributed by atoms with Crippen LogP contribution in [0.3, 0.4) is 0 Å². The van der Waals surface area contributed by atoms with Gasteiger partial charge in [-0.3, -0.25) is 8.98 Å². The average molecular weight is 601 g/mol. The first-order valence-corrected chi connectivity index (χ1v) is 16.7. The third kappa shape index (κ3) is 4.41. The van der Waals surface area contributed by atoms with Crippen molar-refractivity contribution in [3.05, 3.63) is 95.1 Å². The van der Waals surface area contributed by atoms with Gasteiger partial charge in [0, 0.05) is 17.4 Å². The van der Waals surface area contributed by atoms with E-state index in [1.54, 1.807) is 6.07 Å². The van der Waals surface area contributed by atoms with Gasteiger partial charge in [0.15, 0.2) is 23.4 Å². The monoisotopic (exact) mass is 600 g/mol. The second kappa shape index (κ2) is 10.9. The number of Topliss-reactive ketones (excluding diaryl/α,β-unsaturated/α-hetero) is 1. The van der Waals surface area contributed by atoms with Crippen LogP contribution < -0.4 is 8.92 Å². The number of benzene rings is 3. The van der Waals surface area contributed by atoms with E-state index in [2.05, 4.69) is 55.5 Å². The Morgan fingerprint density at radius 1 is 0.884 bits per heavy atom. The molecule has 7 heteroatoms. The Morgan fingerprint density at radius 2 is 1.53 bits per heavy atom. The summed E-state index contributed by atoms with van der Waals surface area (Å²) in [5.74, 6) is 0.786. The molecule has 7 rings (SSSR count). The Labute approximate surface area is 256 Å². The number of ketones is 1. The molecule has 3 aromatic carbocycles. The summed E-state index contributed by atoms with van der Waals surface area (Å²) in [6.45, 7) is 4.07. The van der Waals surface area contributed by atoms with Crippen LogP contribution in [-0.2, 0) is 31.2 Å². The Balaban J connectivity index is 1.11. The minimum Gasteiger partial charge on any atom is -0.477 e. The van der Waals surface area contributed by atoms with E-state index in [9.17, 15) is 14.1 Å². The van der Waals surface area contributed by atoms with Gasteiger partial charge >= 0.3 is 11.4 Å². The molecule has 0 radical (unpaired) electrons. The quantitative estimate of drug-likeness (QED) is 0.335. The third-order valence-electron chi connectivity index (χ3n) is 11.1. The lowest BCUT2D eigenvalue weighted by Gasteiger charge is -2.56. The molecule has 1 aliphatic heterocycles. The first-order chi connectivity index (χ1) is 20.8.